The molecule has 3 heteroatoms. The van der Waals surface area contributed by atoms with E-state index in [4.69, 9.17) is 4.74 Å². The standard InChI is InChI=1S/C12H25NO2/c1-11(2,3)13-9-12(4,14)10-5-7-15-8-6-10/h10,13-14H,5-9H2,1-4H3. The van der Waals surface area contributed by atoms with Crippen LogP contribution >= 0.6 is 0 Å². The molecule has 0 saturated carbocycles. The zero-order chi connectivity index (χ0) is 11.5. The van der Waals surface area contributed by atoms with Gasteiger partial charge in [-0.3, -0.25) is 0 Å². The van der Waals surface area contributed by atoms with Crippen LogP contribution in [0, 0.1) is 5.92 Å². The first kappa shape index (κ1) is 12.9. The third-order valence-electron chi connectivity index (χ3n) is 3.08. The Hall–Kier alpha value is -0.120. The number of rotatable bonds is 3. The molecule has 1 fully saturated rings. The Morgan fingerprint density at radius 2 is 1.73 bits per heavy atom. The molecule has 90 valence electrons. The monoisotopic (exact) mass is 215 g/mol. The number of hydrogen-bond donors (Lipinski definition) is 2. The molecule has 15 heavy (non-hydrogen) atoms. The van der Waals surface area contributed by atoms with E-state index < -0.39 is 5.60 Å². The highest BCUT2D eigenvalue weighted by atomic mass is 16.5. The van der Waals surface area contributed by atoms with Gasteiger partial charge in [0.05, 0.1) is 5.60 Å². The first-order chi connectivity index (χ1) is 6.81. The first-order valence-electron chi connectivity index (χ1n) is 5.86. The van der Waals surface area contributed by atoms with Crippen LogP contribution in [0.3, 0.4) is 0 Å². The molecule has 1 saturated heterocycles. The fourth-order valence-electron chi connectivity index (χ4n) is 1.91. The fraction of sp³-hybridized carbons (Fsp3) is 1.00. The Labute approximate surface area is 93.2 Å². The Bertz CT molecular complexity index is 190. The molecule has 0 spiro atoms. The minimum absolute atomic E-state index is 0.0646. The molecule has 0 aromatic rings. The van der Waals surface area contributed by atoms with Gasteiger partial charge in [0.15, 0.2) is 0 Å². The van der Waals surface area contributed by atoms with E-state index in [1.807, 2.05) is 6.92 Å². The van der Waals surface area contributed by atoms with Crippen molar-refractivity contribution in [3.05, 3.63) is 0 Å². The van der Waals surface area contributed by atoms with Crippen molar-refractivity contribution < 1.29 is 9.84 Å². The second-order valence-electron chi connectivity index (χ2n) is 5.85. The van der Waals surface area contributed by atoms with Gasteiger partial charge in [-0.15, -0.1) is 0 Å². The van der Waals surface area contributed by atoms with Crippen LogP contribution in [-0.4, -0.2) is 36.0 Å². The largest absolute Gasteiger partial charge is 0.389 e. The minimum atomic E-state index is -0.614. The third kappa shape index (κ3) is 4.49. The molecule has 2 N–H and O–H groups in total. The van der Waals surface area contributed by atoms with E-state index >= 15 is 0 Å². The minimum Gasteiger partial charge on any atom is -0.389 e. The lowest BCUT2D eigenvalue weighted by Gasteiger charge is -2.37. The van der Waals surface area contributed by atoms with Crippen molar-refractivity contribution in [1.29, 1.82) is 0 Å². The van der Waals surface area contributed by atoms with Crippen molar-refractivity contribution in [2.45, 2.75) is 51.7 Å². The van der Waals surface area contributed by atoms with Gasteiger partial charge in [0.25, 0.3) is 0 Å². The van der Waals surface area contributed by atoms with Crippen LogP contribution in [0.1, 0.15) is 40.5 Å². The summed E-state index contributed by atoms with van der Waals surface area (Å²) in [4.78, 5) is 0. The molecule has 1 aliphatic rings. The summed E-state index contributed by atoms with van der Waals surface area (Å²) in [7, 11) is 0. The van der Waals surface area contributed by atoms with E-state index in [1.54, 1.807) is 0 Å². The van der Waals surface area contributed by atoms with Gasteiger partial charge >= 0.3 is 0 Å². The highest BCUT2D eigenvalue weighted by molar-refractivity contribution is 4.87. The summed E-state index contributed by atoms with van der Waals surface area (Å²) < 4.78 is 5.31. The lowest BCUT2D eigenvalue weighted by Crippen LogP contribution is -2.51. The highest BCUT2D eigenvalue weighted by Gasteiger charge is 2.33. The van der Waals surface area contributed by atoms with E-state index in [1.165, 1.54) is 0 Å². The van der Waals surface area contributed by atoms with Gasteiger partial charge < -0.3 is 15.2 Å². The second kappa shape index (κ2) is 4.81. The zero-order valence-corrected chi connectivity index (χ0v) is 10.5. The SMILES string of the molecule is CC(C)(C)NCC(C)(O)C1CCOCC1. The maximum Gasteiger partial charge on any atom is 0.0773 e. The maximum absolute atomic E-state index is 10.4. The molecule has 0 aliphatic carbocycles. The maximum atomic E-state index is 10.4. The molecule has 0 radical (unpaired) electrons. The van der Waals surface area contributed by atoms with Gasteiger partial charge in [-0.2, -0.15) is 0 Å². The molecular weight excluding hydrogens is 190 g/mol. The average Bonchev–Trinajstić information content (AvgIpc) is 2.16. The van der Waals surface area contributed by atoms with Crippen molar-refractivity contribution >= 4 is 0 Å². The molecule has 3 nitrogen and oxygen atoms in total. The van der Waals surface area contributed by atoms with Crippen LogP contribution in [0.25, 0.3) is 0 Å². The number of ether oxygens (including phenoxy) is 1. The quantitative estimate of drug-likeness (QED) is 0.750. The molecule has 1 rings (SSSR count). The molecule has 0 bridgehead atoms. The molecule has 1 heterocycles. The van der Waals surface area contributed by atoms with Gasteiger partial charge in [-0.25, -0.2) is 0 Å². The van der Waals surface area contributed by atoms with Crippen molar-refractivity contribution in [3.8, 4) is 0 Å². The summed E-state index contributed by atoms with van der Waals surface area (Å²) in [6.07, 6.45) is 1.94. The van der Waals surface area contributed by atoms with Crippen LogP contribution in [-0.2, 0) is 4.74 Å². The topological polar surface area (TPSA) is 41.5 Å². The van der Waals surface area contributed by atoms with E-state index in [9.17, 15) is 5.11 Å². The van der Waals surface area contributed by atoms with Crippen molar-refractivity contribution in [1.82, 2.24) is 5.32 Å². The molecular formula is C12H25NO2. The summed E-state index contributed by atoms with van der Waals surface area (Å²) >= 11 is 0. The number of nitrogens with one attached hydrogen (secondary N) is 1. The van der Waals surface area contributed by atoms with Gasteiger partial charge in [0.1, 0.15) is 0 Å². The highest BCUT2D eigenvalue weighted by Crippen LogP contribution is 2.27. The van der Waals surface area contributed by atoms with E-state index in [-0.39, 0.29) is 5.54 Å². The molecule has 1 unspecified atom stereocenters. The van der Waals surface area contributed by atoms with Crippen LogP contribution in [0.2, 0.25) is 0 Å². The smallest absolute Gasteiger partial charge is 0.0773 e. The van der Waals surface area contributed by atoms with Gasteiger partial charge in [-0.05, 0) is 46.5 Å². The number of aliphatic hydroxyl groups is 1. The van der Waals surface area contributed by atoms with E-state index in [0.717, 1.165) is 26.1 Å². The summed E-state index contributed by atoms with van der Waals surface area (Å²) in [6.45, 7) is 10.5. The van der Waals surface area contributed by atoms with E-state index in [0.29, 0.717) is 12.5 Å². The fourth-order valence-corrected chi connectivity index (χ4v) is 1.91. The predicted octanol–water partition coefficient (Wildman–Crippen LogP) is 1.55. The van der Waals surface area contributed by atoms with Crippen LogP contribution in [0.15, 0.2) is 0 Å². The Kier molecular flexibility index (Phi) is 4.15. The van der Waals surface area contributed by atoms with Gasteiger partial charge in [0.2, 0.25) is 0 Å². The summed E-state index contributed by atoms with van der Waals surface area (Å²) in [5.74, 6) is 0.362. The van der Waals surface area contributed by atoms with Crippen molar-refractivity contribution in [2.75, 3.05) is 19.8 Å². The lowest BCUT2D eigenvalue weighted by atomic mass is 9.83. The zero-order valence-electron chi connectivity index (χ0n) is 10.5. The van der Waals surface area contributed by atoms with Crippen LogP contribution in [0.4, 0.5) is 0 Å². The van der Waals surface area contributed by atoms with Crippen LogP contribution in [0.5, 0.6) is 0 Å². The summed E-state index contributed by atoms with van der Waals surface area (Å²) in [5, 5.41) is 13.8. The molecule has 1 atom stereocenters. The predicted molar refractivity (Wildman–Crippen MR) is 61.9 cm³/mol. The molecule has 0 amide bonds. The molecule has 0 aromatic heterocycles. The normalized spacial score (nSPS) is 23.8. The summed E-state index contributed by atoms with van der Waals surface area (Å²) in [6, 6.07) is 0. The van der Waals surface area contributed by atoms with Gasteiger partial charge in [-0.1, -0.05) is 0 Å². The average molecular weight is 215 g/mol. The molecule has 1 aliphatic heterocycles. The Morgan fingerprint density at radius 3 is 2.20 bits per heavy atom. The van der Waals surface area contributed by atoms with Crippen molar-refractivity contribution in [2.24, 2.45) is 5.92 Å². The number of β-amino-alcohol motifs (C(OH)–C–C–N with tert-alkyl or cyclic N) is 1. The second-order valence-corrected chi connectivity index (χ2v) is 5.85. The Balaban J connectivity index is 2.42. The summed E-state index contributed by atoms with van der Waals surface area (Å²) in [5.41, 5.74) is -0.549. The lowest BCUT2D eigenvalue weighted by molar-refractivity contribution is -0.0546. The van der Waals surface area contributed by atoms with Gasteiger partial charge in [0, 0.05) is 25.3 Å². The molecule has 0 aromatic carbocycles. The van der Waals surface area contributed by atoms with Crippen molar-refractivity contribution in [3.63, 3.8) is 0 Å². The van der Waals surface area contributed by atoms with E-state index in [2.05, 4.69) is 26.1 Å². The third-order valence-corrected chi connectivity index (χ3v) is 3.08. The van der Waals surface area contributed by atoms with Crippen LogP contribution < -0.4 is 5.32 Å². The first-order valence-corrected chi connectivity index (χ1v) is 5.86. The number of hydrogen-bond acceptors (Lipinski definition) is 3. The Morgan fingerprint density at radius 1 is 1.20 bits per heavy atom.